The van der Waals surface area contributed by atoms with Crippen molar-refractivity contribution in [2.24, 2.45) is 0 Å². The SMILES string of the molecule is CC(C)S(=O)(=O)c1ccc(C(=O)N(CCn2cccn2)c2nc3ccc(F)cc3s2)cc1. The molecule has 0 spiro atoms. The zero-order chi connectivity index (χ0) is 22.9. The summed E-state index contributed by atoms with van der Waals surface area (Å²) in [7, 11) is -3.44. The largest absolute Gasteiger partial charge is 0.282 e. The molecule has 0 aliphatic heterocycles. The van der Waals surface area contributed by atoms with Gasteiger partial charge in [0, 0.05) is 24.5 Å². The minimum atomic E-state index is -3.44. The van der Waals surface area contributed by atoms with E-state index in [4.69, 9.17) is 0 Å². The maximum atomic E-state index is 13.6. The first-order valence-electron chi connectivity index (χ1n) is 9.95. The van der Waals surface area contributed by atoms with Crippen molar-refractivity contribution in [1.29, 1.82) is 0 Å². The molecule has 4 rings (SSSR count). The molecular weight excluding hydrogens is 451 g/mol. The molecule has 0 saturated heterocycles. The maximum Gasteiger partial charge on any atom is 0.260 e. The fourth-order valence-corrected chi connectivity index (χ4v) is 5.21. The highest BCUT2D eigenvalue weighted by Crippen LogP contribution is 2.30. The van der Waals surface area contributed by atoms with Crippen LogP contribution in [0.15, 0.2) is 65.8 Å². The third-order valence-electron chi connectivity index (χ3n) is 4.98. The number of aromatic nitrogens is 3. The van der Waals surface area contributed by atoms with Crippen LogP contribution in [0.3, 0.4) is 0 Å². The van der Waals surface area contributed by atoms with Crippen LogP contribution in [0.1, 0.15) is 24.2 Å². The highest BCUT2D eigenvalue weighted by atomic mass is 32.2. The predicted octanol–water partition coefficient (Wildman–Crippen LogP) is 4.16. The van der Waals surface area contributed by atoms with Crippen LogP contribution in [-0.4, -0.2) is 40.9 Å². The van der Waals surface area contributed by atoms with Crippen LogP contribution in [0, 0.1) is 5.82 Å². The van der Waals surface area contributed by atoms with E-state index in [-0.39, 0.29) is 23.2 Å². The van der Waals surface area contributed by atoms with Crippen LogP contribution in [0.2, 0.25) is 0 Å². The lowest BCUT2D eigenvalue weighted by Gasteiger charge is -2.20. The molecule has 0 atom stereocenters. The number of carbonyl (C=O) groups is 1. The van der Waals surface area contributed by atoms with Gasteiger partial charge in [0.2, 0.25) is 0 Å². The van der Waals surface area contributed by atoms with E-state index in [0.717, 1.165) is 0 Å². The first kappa shape index (κ1) is 22.1. The summed E-state index contributed by atoms with van der Waals surface area (Å²) in [4.78, 5) is 19.6. The van der Waals surface area contributed by atoms with Gasteiger partial charge >= 0.3 is 0 Å². The van der Waals surface area contributed by atoms with Crippen molar-refractivity contribution in [2.75, 3.05) is 11.4 Å². The summed E-state index contributed by atoms with van der Waals surface area (Å²) in [5.41, 5.74) is 0.931. The van der Waals surface area contributed by atoms with E-state index < -0.39 is 15.1 Å². The Kier molecular flexibility index (Phi) is 6.07. The Balaban J connectivity index is 1.67. The fraction of sp³-hybridized carbons (Fsp3) is 0.227. The zero-order valence-electron chi connectivity index (χ0n) is 17.5. The number of benzene rings is 2. The van der Waals surface area contributed by atoms with Crippen LogP contribution < -0.4 is 4.90 Å². The van der Waals surface area contributed by atoms with Gasteiger partial charge in [-0.1, -0.05) is 11.3 Å². The number of amides is 1. The van der Waals surface area contributed by atoms with Gasteiger partial charge in [-0.05, 0) is 62.4 Å². The van der Waals surface area contributed by atoms with Crippen molar-refractivity contribution >= 4 is 42.4 Å². The van der Waals surface area contributed by atoms with E-state index in [2.05, 4.69) is 10.1 Å². The molecule has 2 aromatic heterocycles. The molecule has 7 nitrogen and oxygen atoms in total. The number of nitrogens with zero attached hydrogens (tertiary/aromatic N) is 4. The number of anilines is 1. The second kappa shape index (κ2) is 8.79. The van der Waals surface area contributed by atoms with Crippen molar-refractivity contribution in [3.63, 3.8) is 0 Å². The highest BCUT2D eigenvalue weighted by Gasteiger charge is 2.23. The number of hydrogen-bond donors (Lipinski definition) is 0. The number of thiazole rings is 1. The van der Waals surface area contributed by atoms with Gasteiger partial charge in [-0.3, -0.25) is 14.4 Å². The molecule has 2 heterocycles. The average molecular weight is 473 g/mol. The second-order valence-corrected chi connectivity index (χ2v) is 11.0. The number of sulfone groups is 1. The van der Waals surface area contributed by atoms with Crippen molar-refractivity contribution in [3.8, 4) is 0 Å². The first-order valence-corrected chi connectivity index (χ1v) is 12.3. The summed E-state index contributed by atoms with van der Waals surface area (Å²) in [5, 5.41) is 4.04. The zero-order valence-corrected chi connectivity index (χ0v) is 19.1. The fourth-order valence-electron chi connectivity index (χ4n) is 3.14. The van der Waals surface area contributed by atoms with Crippen LogP contribution in [0.5, 0.6) is 0 Å². The highest BCUT2D eigenvalue weighted by molar-refractivity contribution is 7.92. The smallest absolute Gasteiger partial charge is 0.260 e. The van der Waals surface area contributed by atoms with Crippen molar-refractivity contribution < 1.29 is 17.6 Å². The number of rotatable bonds is 7. The topological polar surface area (TPSA) is 85.2 Å². The molecule has 166 valence electrons. The molecule has 0 saturated carbocycles. The van der Waals surface area contributed by atoms with Crippen LogP contribution in [-0.2, 0) is 16.4 Å². The van der Waals surface area contributed by atoms with E-state index in [9.17, 15) is 17.6 Å². The lowest BCUT2D eigenvalue weighted by atomic mass is 10.2. The monoisotopic (exact) mass is 472 g/mol. The number of hydrogen-bond acceptors (Lipinski definition) is 6. The summed E-state index contributed by atoms with van der Waals surface area (Å²) in [6.45, 7) is 3.94. The molecule has 1 amide bonds. The van der Waals surface area contributed by atoms with Gasteiger partial charge in [-0.25, -0.2) is 17.8 Å². The average Bonchev–Trinajstić information content (AvgIpc) is 3.43. The Bertz CT molecular complexity index is 1350. The van der Waals surface area contributed by atoms with Gasteiger partial charge < -0.3 is 0 Å². The van der Waals surface area contributed by atoms with Crippen LogP contribution in [0.4, 0.5) is 9.52 Å². The summed E-state index contributed by atoms with van der Waals surface area (Å²) in [6, 6.07) is 12.0. The van der Waals surface area contributed by atoms with Crippen molar-refractivity contribution in [3.05, 3.63) is 72.3 Å². The van der Waals surface area contributed by atoms with E-state index in [1.54, 1.807) is 43.1 Å². The summed E-state index contributed by atoms with van der Waals surface area (Å²) < 4.78 is 40.7. The minimum absolute atomic E-state index is 0.169. The molecule has 0 radical (unpaired) electrons. The van der Waals surface area contributed by atoms with Gasteiger partial charge in [0.25, 0.3) is 5.91 Å². The van der Waals surface area contributed by atoms with Crippen molar-refractivity contribution in [1.82, 2.24) is 14.8 Å². The molecule has 0 fully saturated rings. The Morgan fingerprint density at radius 1 is 1.19 bits per heavy atom. The van der Waals surface area contributed by atoms with Gasteiger partial charge in [0.15, 0.2) is 15.0 Å². The molecule has 0 N–H and O–H groups in total. The number of fused-ring (bicyclic) bond motifs is 1. The quantitative estimate of drug-likeness (QED) is 0.403. The molecule has 0 unspecified atom stereocenters. The van der Waals surface area contributed by atoms with Crippen LogP contribution in [0.25, 0.3) is 10.2 Å². The molecule has 0 bridgehead atoms. The first-order chi connectivity index (χ1) is 15.3. The number of halogens is 1. The van der Waals surface area contributed by atoms with E-state index in [1.165, 1.54) is 52.6 Å². The maximum absolute atomic E-state index is 13.6. The molecule has 4 aromatic rings. The van der Waals surface area contributed by atoms with Crippen molar-refractivity contribution in [2.45, 2.75) is 30.5 Å². The Hall–Kier alpha value is -3.11. The standard InChI is InChI=1S/C22H21FN4O3S2/c1-15(2)32(29,30)18-7-4-16(5-8-18)21(28)27(13-12-26-11-3-10-24-26)22-25-19-9-6-17(23)14-20(19)31-22/h3-11,14-15H,12-13H2,1-2H3. The summed E-state index contributed by atoms with van der Waals surface area (Å²) in [6.07, 6.45) is 3.45. The normalized spacial score (nSPS) is 11.9. The molecular formula is C22H21FN4O3S2. The predicted molar refractivity (Wildman–Crippen MR) is 122 cm³/mol. The second-order valence-electron chi connectivity index (χ2n) is 7.45. The summed E-state index contributed by atoms with van der Waals surface area (Å²) >= 11 is 1.22. The lowest BCUT2D eigenvalue weighted by Crippen LogP contribution is -2.34. The van der Waals surface area contributed by atoms with E-state index in [1.807, 2.05) is 0 Å². The number of carbonyl (C=O) groups excluding carboxylic acids is 1. The molecule has 32 heavy (non-hydrogen) atoms. The van der Waals surface area contributed by atoms with E-state index >= 15 is 0 Å². The third-order valence-corrected chi connectivity index (χ3v) is 8.19. The Labute approximate surface area is 189 Å². The minimum Gasteiger partial charge on any atom is -0.282 e. The molecule has 0 aliphatic carbocycles. The Morgan fingerprint density at radius 3 is 2.59 bits per heavy atom. The van der Waals surface area contributed by atoms with Gasteiger partial charge in [-0.15, -0.1) is 0 Å². The van der Waals surface area contributed by atoms with Gasteiger partial charge in [0.05, 0.1) is 26.9 Å². The van der Waals surface area contributed by atoms with E-state index in [0.29, 0.717) is 27.5 Å². The lowest BCUT2D eigenvalue weighted by molar-refractivity contribution is 0.0985. The van der Waals surface area contributed by atoms with Crippen LogP contribution >= 0.6 is 11.3 Å². The molecule has 0 aliphatic rings. The van der Waals surface area contributed by atoms with Gasteiger partial charge in [0.1, 0.15) is 5.82 Å². The molecule has 2 aromatic carbocycles. The Morgan fingerprint density at radius 2 is 1.94 bits per heavy atom. The summed E-state index contributed by atoms with van der Waals surface area (Å²) in [5.74, 6) is -0.700. The third kappa shape index (κ3) is 4.42. The van der Waals surface area contributed by atoms with Gasteiger partial charge in [-0.2, -0.15) is 5.10 Å². The molecule has 10 heteroatoms.